The lowest BCUT2D eigenvalue weighted by Crippen LogP contribution is -2.43. The highest BCUT2D eigenvalue weighted by atomic mass is 16.3. The molecule has 0 saturated carbocycles. The van der Waals surface area contributed by atoms with E-state index in [0.717, 1.165) is 0 Å². The van der Waals surface area contributed by atoms with Gasteiger partial charge in [-0.2, -0.15) is 0 Å². The van der Waals surface area contributed by atoms with Gasteiger partial charge in [-0.25, -0.2) is 0 Å². The topological polar surface area (TPSA) is 78.4 Å². The summed E-state index contributed by atoms with van der Waals surface area (Å²) in [4.78, 5) is 22.4. The van der Waals surface area contributed by atoms with Gasteiger partial charge in [0, 0.05) is 23.2 Å². The Morgan fingerprint density at radius 1 is 1.29 bits per heavy atom. The quantitative estimate of drug-likeness (QED) is 0.673. The minimum absolute atomic E-state index is 0.130. The van der Waals surface area contributed by atoms with Gasteiger partial charge in [-0.05, 0) is 30.2 Å². The lowest BCUT2D eigenvalue weighted by atomic mass is 9.80. The van der Waals surface area contributed by atoms with Gasteiger partial charge < -0.3 is 15.7 Å². The number of benzene rings is 1. The van der Waals surface area contributed by atoms with Gasteiger partial charge in [-0.15, -0.1) is 0 Å². The van der Waals surface area contributed by atoms with E-state index in [4.69, 9.17) is 0 Å². The molecule has 0 aromatic heterocycles. The Morgan fingerprint density at radius 3 is 2.33 bits per heavy atom. The number of hydrogen-bond acceptors (Lipinski definition) is 3. The number of aliphatic hydroxyl groups is 1. The molecule has 0 bridgehead atoms. The minimum atomic E-state index is -0.489. The van der Waals surface area contributed by atoms with Gasteiger partial charge in [0.2, 0.25) is 6.41 Å². The Bertz CT molecular complexity index is 481. The van der Waals surface area contributed by atoms with Crippen LogP contribution in [0.5, 0.6) is 0 Å². The number of carbonyl (C=O) groups is 2. The maximum absolute atomic E-state index is 12.1. The molecule has 5 nitrogen and oxygen atoms in total. The number of rotatable bonds is 7. The maximum Gasteiger partial charge on any atom is 0.251 e. The van der Waals surface area contributed by atoms with Crippen LogP contribution in [0.4, 0.5) is 5.69 Å². The summed E-state index contributed by atoms with van der Waals surface area (Å²) in [6.07, 6.45) is 0.0993. The molecule has 0 heterocycles. The highest BCUT2D eigenvalue weighted by Crippen LogP contribution is 2.25. The maximum atomic E-state index is 12.1. The SMILES string of the molecule is CC(C)C(O)C(C)(C)CNC(=O)c1ccc(NC=O)cc1. The van der Waals surface area contributed by atoms with E-state index < -0.39 is 11.5 Å². The minimum Gasteiger partial charge on any atom is -0.392 e. The second-order valence-electron chi connectivity index (χ2n) is 6.20. The molecule has 1 atom stereocenters. The molecule has 0 aliphatic rings. The highest BCUT2D eigenvalue weighted by Gasteiger charge is 2.30. The van der Waals surface area contributed by atoms with Gasteiger partial charge in [-0.3, -0.25) is 9.59 Å². The molecule has 0 aliphatic heterocycles. The molecule has 0 saturated heterocycles. The van der Waals surface area contributed by atoms with Crippen LogP contribution in [0.1, 0.15) is 38.1 Å². The van der Waals surface area contributed by atoms with Crippen molar-refractivity contribution in [3.8, 4) is 0 Å². The summed E-state index contributed by atoms with van der Waals surface area (Å²) < 4.78 is 0. The van der Waals surface area contributed by atoms with Gasteiger partial charge in [-0.1, -0.05) is 27.7 Å². The molecule has 5 heteroatoms. The Morgan fingerprint density at radius 2 is 1.86 bits per heavy atom. The summed E-state index contributed by atoms with van der Waals surface area (Å²) in [5.74, 6) is -0.0673. The van der Waals surface area contributed by atoms with Crippen molar-refractivity contribution in [2.75, 3.05) is 11.9 Å². The zero-order chi connectivity index (χ0) is 16.0. The van der Waals surface area contributed by atoms with Crippen molar-refractivity contribution < 1.29 is 14.7 Å². The normalized spacial score (nSPS) is 12.9. The second-order valence-corrected chi connectivity index (χ2v) is 6.20. The third-order valence-electron chi connectivity index (χ3n) is 3.51. The molecule has 0 radical (unpaired) electrons. The van der Waals surface area contributed by atoms with Crippen molar-refractivity contribution in [3.63, 3.8) is 0 Å². The zero-order valence-corrected chi connectivity index (χ0v) is 13.0. The van der Waals surface area contributed by atoms with E-state index >= 15 is 0 Å². The number of nitrogens with one attached hydrogen (secondary N) is 2. The van der Waals surface area contributed by atoms with Crippen LogP contribution in [0.3, 0.4) is 0 Å². The average Bonchev–Trinajstić information content (AvgIpc) is 2.45. The van der Waals surface area contributed by atoms with E-state index in [2.05, 4.69) is 10.6 Å². The van der Waals surface area contributed by atoms with Crippen molar-refractivity contribution in [2.45, 2.75) is 33.8 Å². The van der Waals surface area contributed by atoms with Crippen LogP contribution in [0.25, 0.3) is 0 Å². The van der Waals surface area contributed by atoms with E-state index in [1.807, 2.05) is 27.7 Å². The first-order chi connectivity index (χ1) is 9.77. The Kier molecular flexibility index (Phi) is 5.90. The van der Waals surface area contributed by atoms with Crippen LogP contribution in [-0.2, 0) is 4.79 Å². The summed E-state index contributed by atoms with van der Waals surface area (Å²) >= 11 is 0. The van der Waals surface area contributed by atoms with Crippen LogP contribution in [0, 0.1) is 11.3 Å². The van der Waals surface area contributed by atoms with Gasteiger partial charge in [0.05, 0.1) is 6.10 Å². The fraction of sp³-hybridized carbons (Fsp3) is 0.500. The van der Waals surface area contributed by atoms with Crippen LogP contribution in [-0.4, -0.2) is 30.1 Å². The molecule has 21 heavy (non-hydrogen) atoms. The predicted molar refractivity (Wildman–Crippen MR) is 83.1 cm³/mol. The Labute approximate surface area is 125 Å². The molecule has 0 spiro atoms. The van der Waals surface area contributed by atoms with E-state index in [-0.39, 0.29) is 11.8 Å². The van der Waals surface area contributed by atoms with Crippen molar-refractivity contribution in [1.82, 2.24) is 5.32 Å². The van der Waals surface area contributed by atoms with Crippen LogP contribution in [0.15, 0.2) is 24.3 Å². The molecule has 2 amide bonds. The van der Waals surface area contributed by atoms with Gasteiger partial charge in [0.25, 0.3) is 5.91 Å². The molecule has 1 unspecified atom stereocenters. The van der Waals surface area contributed by atoms with Gasteiger partial charge >= 0.3 is 0 Å². The molecule has 0 fully saturated rings. The monoisotopic (exact) mass is 292 g/mol. The first-order valence-electron chi connectivity index (χ1n) is 7.04. The number of carbonyl (C=O) groups excluding carboxylic acids is 2. The largest absolute Gasteiger partial charge is 0.392 e. The van der Waals surface area contributed by atoms with E-state index in [1.54, 1.807) is 24.3 Å². The van der Waals surface area contributed by atoms with E-state index in [1.165, 1.54) is 0 Å². The van der Waals surface area contributed by atoms with Crippen molar-refractivity contribution >= 4 is 18.0 Å². The van der Waals surface area contributed by atoms with Crippen molar-refractivity contribution in [1.29, 1.82) is 0 Å². The summed E-state index contributed by atoms with van der Waals surface area (Å²) in [5, 5.41) is 15.5. The number of amides is 2. The first-order valence-corrected chi connectivity index (χ1v) is 7.04. The highest BCUT2D eigenvalue weighted by molar-refractivity contribution is 5.94. The summed E-state index contributed by atoms with van der Waals surface area (Å²) in [6.45, 7) is 8.14. The second kappa shape index (κ2) is 7.22. The van der Waals surface area contributed by atoms with Gasteiger partial charge in [0.1, 0.15) is 0 Å². The molecule has 1 aromatic carbocycles. The summed E-state index contributed by atoms with van der Waals surface area (Å²) in [6, 6.07) is 6.62. The molecule has 1 aromatic rings. The van der Waals surface area contributed by atoms with Crippen LogP contribution >= 0.6 is 0 Å². The standard InChI is InChI=1S/C16H24N2O3/c1-11(2)14(20)16(3,4)9-17-15(21)12-5-7-13(8-6-12)18-10-19/h5-8,10-11,14,20H,9H2,1-4H3,(H,17,21)(H,18,19). The van der Waals surface area contributed by atoms with Gasteiger partial charge in [0.15, 0.2) is 0 Å². The van der Waals surface area contributed by atoms with Crippen LogP contribution < -0.4 is 10.6 Å². The molecule has 116 valence electrons. The molecule has 1 rings (SSSR count). The average molecular weight is 292 g/mol. The Hall–Kier alpha value is -1.88. The third-order valence-corrected chi connectivity index (χ3v) is 3.51. The fourth-order valence-electron chi connectivity index (χ4n) is 2.20. The van der Waals surface area contributed by atoms with Crippen molar-refractivity contribution in [2.24, 2.45) is 11.3 Å². The molecular formula is C16H24N2O3. The van der Waals surface area contributed by atoms with E-state index in [0.29, 0.717) is 24.2 Å². The zero-order valence-electron chi connectivity index (χ0n) is 13.0. The molecular weight excluding hydrogens is 268 g/mol. The summed E-state index contributed by atoms with van der Waals surface area (Å²) in [7, 11) is 0. The van der Waals surface area contributed by atoms with Crippen molar-refractivity contribution in [3.05, 3.63) is 29.8 Å². The number of aliphatic hydroxyl groups excluding tert-OH is 1. The van der Waals surface area contributed by atoms with Crippen LogP contribution in [0.2, 0.25) is 0 Å². The number of anilines is 1. The lowest BCUT2D eigenvalue weighted by Gasteiger charge is -2.33. The summed E-state index contributed by atoms with van der Waals surface area (Å²) in [5.41, 5.74) is 0.751. The predicted octanol–water partition coefficient (Wildman–Crippen LogP) is 2.03. The first kappa shape index (κ1) is 17.2. The number of hydrogen-bond donors (Lipinski definition) is 3. The molecule has 0 aliphatic carbocycles. The van der Waals surface area contributed by atoms with E-state index in [9.17, 15) is 14.7 Å². The Balaban J connectivity index is 2.63. The fourth-order valence-corrected chi connectivity index (χ4v) is 2.20. The third kappa shape index (κ3) is 4.86. The lowest BCUT2D eigenvalue weighted by molar-refractivity contribution is -0.105. The smallest absolute Gasteiger partial charge is 0.251 e. The molecule has 3 N–H and O–H groups in total.